The Morgan fingerprint density at radius 1 is 1.16 bits per heavy atom. The number of aryl methyl sites for hydroxylation is 1. The van der Waals surface area contributed by atoms with E-state index < -0.39 is 0 Å². The first kappa shape index (κ1) is 20.8. The van der Waals surface area contributed by atoms with Gasteiger partial charge in [0.25, 0.3) is 0 Å². The van der Waals surface area contributed by atoms with E-state index in [-0.39, 0.29) is 12.2 Å². The van der Waals surface area contributed by atoms with Crippen LogP contribution >= 0.6 is 11.6 Å². The highest BCUT2D eigenvalue weighted by Gasteiger charge is 2.41. The molecule has 0 spiro atoms. The predicted molar refractivity (Wildman–Crippen MR) is 123 cm³/mol. The van der Waals surface area contributed by atoms with Crippen molar-refractivity contribution >= 4 is 22.8 Å². The number of nitrogens with zero attached hydrogens (tertiary/aromatic N) is 5. The molecular weight excluding hydrogens is 426 g/mol. The number of ether oxygens (including phenoxy) is 1. The zero-order valence-electron chi connectivity index (χ0n) is 18.0. The van der Waals surface area contributed by atoms with Crippen LogP contribution < -0.4 is 4.74 Å². The van der Waals surface area contributed by atoms with Crippen LogP contribution in [0.15, 0.2) is 42.9 Å². The van der Waals surface area contributed by atoms with Crippen molar-refractivity contribution in [2.75, 3.05) is 6.61 Å². The second-order valence-electron chi connectivity index (χ2n) is 8.54. The van der Waals surface area contributed by atoms with Crippen LogP contribution in [0.3, 0.4) is 0 Å². The lowest BCUT2D eigenvalue weighted by Gasteiger charge is -2.12. The zero-order chi connectivity index (χ0) is 22.3. The molecule has 164 valence electrons. The Hall–Kier alpha value is -3.03. The quantitative estimate of drug-likeness (QED) is 0.451. The van der Waals surface area contributed by atoms with Crippen LogP contribution in [0.5, 0.6) is 5.88 Å². The highest BCUT2D eigenvalue weighted by Crippen LogP contribution is 2.41. The Kier molecular flexibility index (Phi) is 5.31. The predicted octanol–water partition coefficient (Wildman–Crippen LogP) is 4.36. The van der Waals surface area contributed by atoms with Gasteiger partial charge in [-0.05, 0) is 68.5 Å². The van der Waals surface area contributed by atoms with Gasteiger partial charge in [-0.15, -0.1) is 0 Å². The Morgan fingerprint density at radius 3 is 2.72 bits per heavy atom. The fourth-order valence-corrected chi connectivity index (χ4v) is 4.02. The molecular formula is C24H24ClN5O2. The smallest absolute Gasteiger partial charge is 0.245 e. The zero-order valence-corrected chi connectivity index (χ0v) is 18.8. The van der Waals surface area contributed by atoms with E-state index in [0.29, 0.717) is 40.9 Å². The van der Waals surface area contributed by atoms with Crippen molar-refractivity contribution < 1.29 is 9.84 Å². The summed E-state index contributed by atoms with van der Waals surface area (Å²) in [6.45, 7) is 4.67. The summed E-state index contributed by atoms with van der Waals surface area (Å²) in [7, 11) is 0. The molecule has 8 heteroatoms. The Bertz CT molecular complexity index is 1300. The van der Waals surface area contributed by atoms with Crippen molar-refractivity contribution in [3.8, 4) is 17.3 Å². The Labute approximate surface area is 191 Å². The summed E-state index contributed by atoms with van der Waals surface area (Å²) in [5, 5.41) is 9.82. The lowest BCUT2D eigenvalue weighted by Crippen LogP contribution is -2.13. The summed E-state index contributed by atoms with van der Waals surface area (Å²) in [6.07, 6.45) is 5.86. The molecule has 0 radical (unpaired) electrons. The molecule has 1 aromatic carbocycles. The number of pyridine rings is 1. The minimum absolute atomic E-state index is 0.0717. The number of benzene rings is 1. The fourth-order valence-electron chi connectivity index (χ4n) is 3.73. The topological polar surface area (TPSA) is 86.0 Å². The lowest BCUT2D eigenvalue weighted by molar-refractivity contribution is 0.194. The van der Waals surface area contributed by atoms with Crippen molar-refractivity contribution in [1.82, 2.24) is 24.5 Å². The van der Waals surface area contributed by atoms with Crippen LogP contribution in [0.2, 0.25) is 5.02 Å². The number of aromatic nitrogens is 5. The summed E-state index contributed by atoms with van der Waals surface area (Å²) in [5.74, 6) is 1.16. The molecule has 0 aliphatic heterocycles. The first-order chi connectivity index (χ1) is 15.5. The number of halogens is 1. The molecule has 1 saturated carbocycles. The van der Waals surface area contributed by atoms with Crippen LogP contribution in [-0.2, 0) is 13.0 Å². The van der Waals surface area contributed by atoms with Crippen LogP contribution in [0, 0.1) is 6.92 Å². The number of hydrogen-bond acceptors (Lipinski definition) is 6. The van der Waals surface area contributed by atoms with E-state index in [0.717, 1.165) is 35.2 Å². The van der Waals surface area contributed by atoms with Gasteiger partial charge in [0.05, 0.1) is 17.3 Å². The minimum Gasteiger partial charge on any atom is -0.470 e. The van der Waals surface area contributed by atoms with E-state index in [2.05, 4.69) is 21.9 Å². The van der Waals surface area contributed by atoms with E-state index in [4.69, 9.17) is 21.3 Å². The maximum absolute atomic E-state index is 9.26. The largest absolute Gasteiger partial charge is 0.470 e. The van der Waals surface area contributed by atoms with Crippen molar-refractivity contribution in [3.63, 3.8) is 0 Å². The number of hydrogen-bond donors (Lipinski definition) is 1. The molecule has 1 fully saturated rings. The van der Waals surface area contributed by atoms with Crippen LogP contribution in [-0.4, -0.2) is 41.8 Å². The van der Waals surface area contributed by atoms with Crippen LogP contribution in [0.1, 0.15) is 36.6 Å². The number of fused-ring (bicyclic) bond motifs is 1. The van der Waals surface area contributed by atoms with E-state index in [1.54, 1.807) is 6.20 Å². The maximum atomic E-state index is 9.26. The van der Waals surface area contributed by atoms with Crippen molar-refractivity contribution in [1.29, 1.82) is 0 Å². The molecule has 1 aliphatic carbocycles. The average molecular weight is 450 g/mol. The molecule has 32 heavy (non-hydrogen) atoms. The third-order valence-corrected chi connectivity index (χ3v) is 6.08. The maximum Gasteiger partial charge on any atom is 0.245 e. The van der Waals surface area contributed by atoms with Gasteiger partial charge in [0.2, 0.25) is 5.88 Å². The van der Waals surface area contributed by atoms with Gasteiger partial charge in [-0.3, -0.25) is 4.98 Å². The molecule has 0 amide bonds. The van der Waals surface area contributed by atoms with Gasteiger partial charge >= 0.3 is 0 Å². The van der Waals surface area contributed by atoms with Gasteiger partial charge in [-0.25, -0.2) is 9.97 Å². The van der Waals surface area contributed by atoms with Crippen LogP contribution in [0.4, 0.5) is 0 Å². The number of aliphatic hydroxyl groups is 1. The summed E-state index contributed by atoms with van der Waals surface area (Å²) in [6, 6.07) is 9.78. The monoisotopic (exact) mass is 449 g/mol. The summed E-state index contributed by atoms with van der Waals surface area (Å²) < 4.78 is 8.19. The molecule has 3 heterocycles. The normalized spacial score (nSPS) is 14.6. The average Bonchev–Trinajstić information content (AvgIpc) is 3.37. The van der Waals surface area contributed by atoms with E-state index in [9.17, 15) is 5.11 Å². The van der Waals surface area contributed by atoms with Crippen molar-refractivity contribution in [3.05, 3.63) is 64.7 Å². The van der Waals surface area contributed by atoms with Gasteiger partial charge in [0.15, 0.2) is 11.2 Å². The second-order valence-corrected chi connectivity index (χ2v) is 8.94. The standard InChI is InChI=1S/C24H24ClN5O2/c1-15-5-9-26-17(11-15)13-30-21(18-4-3-16(6-10-31)12-19(18)25)29-20-22(30)27-14-28-23(20)32-24(2)7-8-24/h3-5,9,11-12,14,31H,6-8,10,13H2,1-2H3. The van der Waals surface area contributed by atoms with Crippen molar-refractivity contribution in [2.24, 2.45) is 0 Å². The number of rotatable bonds is 7. The van der Waals surface area contributed by atoms with E-state index in [1.807, 2.05) is 41.8 Å². The fraction of sp³-hybridized carbons (Fsp3) is 0.333. The Morgan fingerprint density at radius 2 is 2.00 bits per heavy atom. The van der Waals surface area contributed by atoms with Crippen molar-refractivity contribution in [2.45, 2.75) is 45.3 Å². The first-order valence-corrected chi connectivity index (χ1v) is 11.0. The minimum atomic E-state index is -0.188. The molecule has 1 N–H and O–H groups in total. The summed E-state index contributed by atoms with van der Waals surface area (Å²) >= 11 is 6.67. The molecule has 3 aromatic heterocycles. The molecule has 0 atom stereocenters. The molecule has 5 rings (SSSR count). The van der Waals surface area contributed by atoms with Crippen LogP contribution in [0.25, 0.3) is 22.6 Å². The molecule has 0 bridgehead atoms. The van der Waals surface area contributed by atoms with E-state index in [1.165, 1.54) is 6.33 Å². The SMILES string of the molecule is Cc1ccnc(Cn2c(-c3ccc(CCO)cc3Cl)nc3c(OC4(C)CC4)ncnc32)c1. The van der Waals surface area contributed by atoms with Gasteiger partial charge in [0.1, 0.15) is 17.8 Å². The molecule has 7 nitrogen and oxygen atoms in total. The molecule has 1 aliphatic rings. The van der Waals surface area contributed by atoms with Gasteiger partial charge < -0.3 is 14.4 Å². The summed E-state index contributed by atoms with van der Waals surface area (Å²) in [5.41, 5.74) is 4.87. The third-order valence-electron chi connectivity index (χ3n) is 5.76. The third kappa shape index (κ3) is 4.06. The Balaban J connectivity index is 1.67. The van der Waals surface area contributed by atoms with E-state index >= 15 is 0 Å². The molecule has 0 unspecified atom stereocenters. The highest BCUT2D eigenvalue weighted by molar-refractivity contribution is 6.33. The highest BCUT2D eigenvalue weighted by atomic mass is 35.5. The van der Waals surface area contributed by atoms with Gasteiger partial charge in [-0.1, -0.05) is 17.7 Å². The van der Waals surface area contributed by atoms with Gasteiger partial charge in [0, 0.05) is 18.4 Å². The summed E-state index contributed by atoms with van der Waals surface area (Å²) in [4.78, 5) is 18.3. The molecule has 0 saturated heterocycles. The number of imidazole rings is 1. The van der Waals surface area contributed by atoms with Gasteiger partial charge in [-0.2, -0.15) is 4.98 Å². The first-order valence-electron chi connectivity index (χ1n) is 10.7. The number of aliphatic hydroxyl groups excluding tert-OH is 1. The second kappa shape index (κ2) is 8.15. The molecule has 4 aromatic rings. The lowest BCUT2D eigenvalue weighted by atomic mass is 10.1.